The first-order valence-corrected chi connectivity index (χ1v) is 39.3. The van der Waals surface area contributed by atoms with Gasteiger partial charge in [0.2, 0.25) is 11.7 Å². The standard InChI is InChI=1S/C83H138N2O8/c1-6-9-12-15-18-21-24-27-30-33-36-39-42-45-48-55-62-90-77-65-71(67-83(70(4)5,81(87)88)85-79(86)68-84-82(89)93-69-76-74-60-53-51-58-72(74)73-59-52-54-61-75(73)76)66-78(91-63-56-49-46-43-40-37-34-31-28-25-22-19-16-13-10-7-2)80(77)92-64-57-50-47-44-41-38-35-32-29-26-23-20-17-14-11-8-3/h51-54,58-61,65-66,70,76H,6-50,55-57,62-64,67-69H2,1-5H3,(H,84,89)(H,85,86)(H,87,88). The highest BCUT2D eigenvalue weighted by Crippen LogP contribution is 2.45. The molecule has 0 spiro atoms. The molecule has 3 aromatic carbocycles. The Hall–Kier alpha value is -4.73. The summed E-state index contributed by atoms with van der Waals surface area (Å²) in [4.78, 5) is 40.9. The van der Waals surface area contributed by atoms with Crippen LogP contribution in [-0.4, -0.2) is 61.6 Å². The van der Waals surface area contributed by atoms with E-state index >= 15 is 0 Å². The number of fused-ring (bicyclic) bond motifs is 3. The van der Waals surface area contributed by atoms with Crippen molar-refractivity contribution in [3.8, 4) is 28.4 Å². The Kier molecular flexibility index (Phi) is 46.4. The number of carboxylic acids is 1. The second-order valence-electron chi connectivity index (χ2n) is 28.2. The van der Waals surface area contributed by atoms with Gasteiger partial charge in [0.25, 0.3) is 0 Å². The average molecular weight is 1290 g/mol. The number of benzene rings is 3. The Morgan fingerprint density at radius 2 is 0.731 bits per heavy atom. The SMILES string of the molecule is CCCCCCCCCCCCCCCCCCOc1cc(CC(NC(=O)CNC(=O)OCC2c3ccccc3-c3ccccc32)(C(=O)O)C(C)C)cc(OCCCCCCCCCCCCCCCCCC)c1OCCCCCCCCCCCCCCCCCC. The van der Waals surface area contributed by atoms with Gasteiger partial charge in [0.1, 0.15) is 18.7 Å². The van der Waals surface area contributed by atoms with Crippen molar-refractivity contribution in [3.05, 3.63) is 77.4 Å². The smallest absolute Gasteiger partial charge is 0.407 e. The molecule has 0 heterocycles. The maximum absolute atomic E-state index is 13.9. The third kappa shape index (κ3) is 35.2. The van der Waals surface area contributed by atoms with Crippen LogP contribution in [0, 0.1) is 5.92 Å². The minimum absolute atomic E-state index is 0.0408. The number of aliphatic carboxylic acids is 1. The predicted molar refractivity (Wildman–Crippen MR) is 392 cm³/mol. The summed E-state index contributed by atoms with van der Waals surface area (Å²) in [5.41, 5.74) is 3.35. The molecule has 1 aliphatic carbocycles. The molecule has 10 nitrogen and oxygen atoms in total. The van der Waals surface area contributed by atoms with Crippen LogP contribution < -0.4 is 24.8 Å². The molecular weight excluding hydrogens is 1150 g/mol. The third-order valence-corrected chi connectivity index (χ3v) is 19.8. The Balaban J connectivity index is 1.40. The Bertz CT molecular complexity index is 2250. The van der Waals surface area contributed by atoms with E-state index < -0.39 is 36.0 Å². The maximum atomic E-state index is 13.9. The van der Waals surface area contributed by atoms with E-state index in [-0.39, 0.29) is 18.9 Å². The normalized spacial score (nSPS) is 12.6. The van der Waals surface area contributed by atoms with Crippen molar-refractivity contribution in [1.82, 2.24) is 10.6 Å². The number of alkyl carbamates (subject to hydrolysis) is 1. The molecule has 0 saturated heterocycles. The summed E-state index contributed by atoms with van der Waals surface area (Å²) in [6, 6.07) is 20.1. The highest BCUT2D eigenvalue weighted by Gasteiger charge is 2.44. The summed E-state index contributed by atoms with van der Waals surface area (Å²) < 4.78 is 26.0. The number of ether oxygens (including phenoxy) is 4. The van der Waals surface area contributed by atoms with Crippen LogP contribution >= 0.6 is 0 Å². The van der Waals surface area contributed by atoms with Crippen LogP contribution in [0.4, 0.5) is 4.79 Å². The van der Waals surface area contributed by atoms with Gasteiger partial charge in [0.05, 0.1) is 19.8 Å². The zero-order valence-corrected chi connectivity index (χ0v) is 60.4. The number of hydrogen-bond acceptors (Lipinski definition) is 7. The highest BCUT2D eigenvalue weighted by molar-refractivity contribution is 5.90. The van der Waals surface area contributed by atoms with Crippen LogP contribution in [0.15, 0.2) is 60.7 Å². The lowest BCUT2D eigenvalue weighted by molar-refractivity contribution is -0.149. The predicted octanol–water partition coefficient (Wildman–Crippen LogP) is 24.3. The minimum atomic E-state index is -1.73. The highest BCUT2D eigenvalue weighted by atomic mass is 16.6. The number of hydrogen-bond donors (Lipinski definition) is 3. The van der Waals surface area contributed by atoms with Gasteiger partial charge in [0, 0.05) is 12.3 Å². The van der Waals surface area contributed by atoms with Gasteiger partial charge in [0.15, 0.2) is 11.5 Å². The van der Waals surface area contributed by atoms with Crippen molar-refractivity contribution in [2.45, 2.75) is 361 Å². The number of amides is 2. The number of nitrogens with one attached hydrogen (secondary N) is 2. The lowest BCUT2D eigenvalue weighted by Gasteiger charge is -2.35. The van der Waals surface area contributed by atoms with Gasteiger partial charge in [-0.25, -0.2) is 9.59 Å². The Morgan fingerprint density at radius 1 is 0.430 bits per heavy atom. The topological polar surface area (TPSA) is 132 Å². The Morgan fingerprint density at radius 3 is 1.04 bits per heavy atom. The van der Waals surface area contributed by atoms with E-state index in [0.717, 1.165) is 60.8 Å². The minimum Gasteiger partial charge on any atom is -0.490 e. The van der Waals surface area contributed by atoms with Gasteiger partial charge in [-0.1, -0.05) is 372 Å². The van der Waals surface area contributed by atoms with Crippen molar-refractivity contribution in [1.29, 1.82) is 0 Å². The van der Waals surface area contributed by atoms with E-state index in [1.165, 1.54) is 270 Å². The molecule has 0 radical (unpaired) electrons. The van der Waals surface area contributed by atoms with E-state index in [4.69, 9.17) is 18.9 Å². The molecule has 0 aliphatic heterocycles. The summed E-state index contributed by atoms with van der Waals surface area (Å²) in [6.07, 6.45) is 61.4. The van der Waals surface area contributed by atoms with Crippen LogP contribution in [0.25, 0.3) is 11.1 Å². The van der Waals surface area contributed by atoms with Crippen LogP contribution in [0.2, 0.25) is 0 Å². The molecule has 1 unspecified atom stereocenters. The summed E-state index contributed by atoms with van der Waals surface area (Å²) in [5, 5.41) is 16.7. The number of carbonyl (C=O) groups is 3. The van der Waals surface area contributed by atoms with Gasteiger partial charge >= 0.3 is 12.1 Å². The van der Waals surface area contributed by atoms with Crippen LogP contribution in [0.1, 0.15) is 365 Å². The summed E-state index contributed by atoms with van der Waals surface area (Å²) >= 11 is 0. The molecule has 4 rings (SSSR count). The van der Waals surface area contributed by atoms with Crippen LogP contribution in [-0.2, 0) is 20.7 Å². The van der Waals surface area contributed by atoms with Crippen molar-refractivity contribution in [2.75, 3.05) is 33.0 Å². The summed E-state index contributed by atoms with van der Waals surface area (Å²) in [6.45, 7) is 11.7. The molecule has 3 aromatic rings. The van der Waals surface area contributed by atoms with Crippen LogP contribution in [0.5, 0.6) is 17.2 Å². The quantitative estimate of drug-likeness (QED) is 0.0476. The van der Waals surface area contributed by atoms with Gasteiger partial charge in [-0.2, -0.15) is 0 Å². The van der Waals surface area contributed by atoms with E-state index in [9.17, 15) is 19.5 Å². The number of rotatable bonds is 63. The first-order chi connectivity index (χ1) is 45.6. The molecule has 0 saturated carbocycles. The van der Waals surface area contributed by atoms with E-state index in [0.29, 0.717) is 42.6 Å². The molecular formula is C83H138N2O8. The molecule has 0 aromatic heterocycles. The fourth-order valence-corrected chi connectivity index (χ4v) is 13.8. The molecule has 528 valence electrons. The second kappa shape index (κ2) is 53.4. The van der Waals surface area contributed by atoms with E-state index in [1.54, 1.807) is 0 Å². The fraction of sp³-hybridized carbons (Fsp3) is 0.747. The largest absolute Gasteiger partial charge is 0.490 e. The van der Waals surface area contributed by atoms with Crippen molar-refractivity contribution >= 4 is 18.0 Å². The number of carboxylic acid groups (broad SMARTS) is 1. The summed E-state index contributed by atoms with van der Waals surface area (Å²) in [7, 11) is 0. The lowest BCUT2D eigenvalue weighted by atomic mass is 9.80. The van der Waals surface area contributed by atoms with E-state index in [1.807, 2.05) is 50.2 Å². The summed E-state index contributed by atoms with van der Waals surface area (Å²) in [5.74, 6) is -0.784. The monoisotopic (exact) mass is 1290 g/mol. The van der Waals surface area contributed by atoms with Gasteiger partial charge in [-0.05, 0) is 65.1 Å². The van der Waals surface area contributed by atoms with Crippen molar-refractivity contribution in [2.24, 2.45) is 5.92 Å². The van der Waals surface area contributed by atoms with Gasteiger partial charge < -0.3 is 34.7 Å². The molecule has 3 N–H and O–H groups in total. The maximum Gasteiger partial charge on any atom is 0.407 e. The first-order valence-electron chi connectivity index (χ1n) is 39.3. The van der Waals surface area contributed by atoms with Crippen LogP contribution in [0.3, 0.4) is 0 Å². The molecule has 0 fully saturated rings. The van der Waals surface area contributed by atoms with Crippen molar-refractivity contribution in [3.63, 3.8) is 0 Å². The molecule has 1 aliphatic rings. The van der Waals surface area contributed by atoms with E-state index in [2.05, 4.69) is 55.7 Å². The molecule has 1 atom stereocenters. The molecule has 0 bridgehead atoms. The second-order valence-corrected chi connectivity index (χ2v) is 28.2. The third-order valence-electron chi connectivity index (χ3n) is 19.8. The number of carbonyl (C=O) groups excluding carboxylic acids is 2. The fourth-order valence-electron chi connectivity index (χ4n) is 13.8. The lowest BCUT2D eigenvalue weighted by Crippen LogP contribution is -2.61. The van der Waals surface area contributed by atoms with Crippen molar-refractivity contribution < 1.29 is 38.4 Å². The Labute approximate surface area is 569 Å². The molecule has 93 heavy (non-hydrogen) atoms. The van der Waals surface area contributed by atoms with Gasteiger partial charge in [-0.15, -0.1) is 0 Å². The first kappa shape index (κ1) is 80.7. The molecule has 10 heteroatoms. The molecule has 2 amide bonds. The average Bonchev–Trinajstić information content (AvgIpc) is 1.70. The number of unbranched alkanes of at least 4 members (excludes halogenated alkanes) is 45. The zero-order chi connectivity index (χ0) is 66.5. The zero-order valence-electron chi connectivity index (χ0n) is 60.4. The van der Waals surface area contributed by atoms with Gasteiger partial charge in [-0.3, -0.25) is 4.79 Å².